The molecule has 0 saturated carbocycles. The molecule has 0 aromatic heterocycles. The minimum absolute atomic E-state index is 0.122. The van der Waals surface area contributed by atoms with E-state index in [-0.39, 0.29) is 11.4 Å². The van der Waals surface area contributed by atoms with Crippen molar-refractivity contribution < 1.29 is 9.94 Å². The minimum atomic E-state index is -0.164. The molecule has 0 amide bonds. The number of ether oxygens (including phenoxy) is 1. The molecule has 1 aliphatic rings. The Morgan fingerprint density at radius 2 is 2.30 bits per heavy atom. The van der Waals surface area contributed by atoms with Gasteiger partial charge in [0.1, 0.15) is 0 Å². The summed E-state index contributed by atoms with van der Waals surface area (Å²) in [6, 6.07) is 5.73. The van der Waals surface area contributed by atoms with Gasteiger partial charge < -0.3 is 20.6 Å². The van der Waals surface area contributed by atoms with Gasteiger partial charge in [-0.25, -0.2) is 0 Å². The number of nitrogens with two attached hydrogens (primary N) is 1. The lowest BCUT2D eigenvalue weighted by molar-refractivity contribution is -0.00466. The molecule has 1 aromatic rings. The molecule has 1 atom stereocenters. The molecule has 20 heavy (non-hydrogen) atoms. The van der Waals surface area contributed by atoms with E-state index in [4.69, 9.17) is 15.7 Å². The normalized spacial score (nSPS) is 23.9. The van der Waals surface area contributed by atoms with Gasteiger partial charge in [0, 0.05) is 35.9 Å². The molecule has 110 valence electrons. The van der Waals surface area contributed by atoms with Crippen molar-refractivity contribution in [3.63, 3.8) is 0 Å². The van der Waals surface area contributed by atoms with Crippen molar-refractivity contribution in [3.8, 4) is 0 Å². The first-order valence-corrected chi connectivity index (χ1v) is 7.36. The Hall–Kier alpha value is -1.27. The Balaban J connectivity index is 2.38. The summed E-state index contributed by atoms with van der Waals surface area (Å²) < 4.78 is 6.59. The van der Waals surface area contributed by atoms with Crippen LogP contribution in [0.1, 0.15) is 25.3 Å². The first-order chi connectivity index (χ1) is 9.49. The van der Waals surface area contributed by atoms with Crippen LogP contribution in [0.4, 0.5) is 5.69 Å². The molecule has 5 nitrogen and oxygen atoms in total. The van der Waals surface area contributed by atoms with Gasteiger partial charge >= 0.3 is 0 Å². The smallest absolute Gasteiger partial charge is 0.172 e. The molecule has 0 aliphatic carbocycles. The highest BCUT2D eigenvalue weighted by Crippen LogP contribution is 2.31. The lowest BCUT2D eigenvalue weighted by Crippen LogP contribution is -2.48. The van der Waals surface area contributed by atoms with Gasteiger partial charge in [0.2, 0.25) is 0 Å². The van der Waals surface area contributed by atoms with Crippen LogP contribution in [0.25, 0.3) is 0 Å². The second-order valence-electron chi connectivity index (χ2n) is 5.33. The molecular formula is C14H20BrN3O2. The van der Waals surface area contributed by atoms with Gasteiger partial charge in [-0.2, -0.15) is 0 Å². The molecule has 1 fully saturated rings. The molecule has 1 heterocycles. The summed E-state index contributed by atoms with van der Waals surface area (Å²) in [6.45, 7) is 3.83. The fourth-order valence-electron chi connectivity index (χ4n) is 2.61. The molecule has 2 rings (SSSR count). The van der Waals surface area contributed by atoms with Gasteiger partial charge in [-0.05, 0) is 38.0 Å². The number of halogens is 1. The minimum Gasteiger partial charge on any atom is -0.409 e. The van der Waals surface area contributed by atoms with E-state index in [9.17, 15) is 0 Å². The Morgan fingerprint density at radius 3 is 2.95 bits per heavy atom. The van der Waals surface area contributed by atoms with Crippen molar-refractivity contribution in [2.45, 2.75) is 25.4 Å². The molecule has 0 bridgehead atoms. The third kappa shape index (κ3) is 3.07. The molecule has 1 aromatic carbocycles. The van der Waals surface area contributed by atoms with Gasteiger partial charge in [0.05, 0.1) is 5.60 Å². The molecule has 1 aliphatic heterocycles. The average Bonchev–Trinajstić information content (AvgIpc) is 2.46. The number of hydrogen-bond acceptors (Lipinski definition) is 4. The fourth-order valence-corrected chi connectivity index (χ4v) is 2.96. The van der Waals surface area contributed by atoms with Crippen LogP contribution in [0.3, 0.4) is 0 Å². The Labute approximate surface area is 127 Å². The van der Waals surface area contributed by atoms with Crippen LogP contribution in [0, 0.1) is 0 Å². The van der Waals surface area contributed by atoms with E-state index in [0.29, 0.717) is 0 Å². The van der Waals surface area contributed by atoms with Crippen LogP contribution in [0.5, 0.6) is 0 Å². The maximum absolute atomic E-state index is 8.94. The Morgan fingerprint density at radius 1 is 1.55 bits per heavy atom. The van der Waals surface area contributed by atoms with Gasteiger partial charge in [0.15, 0.2) is 5.84 Å². The standard InChI is InChI=1S/C14H20BrN3O2/c1-14(20-2)6-3-7-18(9-14)12-8-10(15)4-5-11(12)13(16)17-19/h4-5,8,19H,3,6-7,9H2,1-2H3,(H2,16,17). The summed E-state index contributed by atoms with van der Waals surface area (Å²) in [5.74, 6) is 0.122. The number of amidine groups is 1. The number of hydrogen-bond donors (Lipinski definition) is 2. The van der Waals surface area contributed by atoms with E-state index in [1.54, 1.807) is 7.11 Å². The first kappa shape index (κ1) is 15.1. The van der Waals surface area contributed by atoms with Crippen LogP contribution in [-0.4, -0.2) is 36.8 Å². The second-order valence-corrected chi connectivity index (χ2v) is 6.24. The quantitative estimate of drug-likeness (QED) is 0.383. The monoisotopic (exact) mass is 341 g/mol. The van der Waals surface area contributed by atoms with Crippen molar-refractivity contribution in [1.29, 1.82) is 0 Å². The number of methoxy groups -OCH3 is 1. The average molecular weight is 342 g/mol. The predicted molar refractivity (Wildman–Crippen MR) is 83.5 cm³/mol. The van der Waals surface area contributed by atoms with E-state index in [2.05, 4.69) is 32.9 Å². The van der Waals surface area contributed by atoms with Crippen molar-refractivity contribution in [2.75, 3.05) is 25.1 Å². The zero-order valence-electron chi connectivity index (χ0n) is 11.8. The van der Waals surface area contributed by atoms with Crippen LogP contribution < -0.4 is 10.6 Å². The van der Waals surface area contributed by atoms with Crippen LogP contribution in [0.2, 0.25) is 0 Å². The topological polar surface area (TPSA) is 71.1 Å². The summed E-state index contributed by atoms with van der Waals surface area (Å²) >= 11 is 3.48. The summed E-state index contributed by atoms with van der Waals surface area (Å²) in [7, 11) is 1.74. The van der Waals surface area contributed by atoms with Crippen LogP contribution in [-0.2, 0) is 4.74 Å². The molecule has 1 saturated heterocycles. The number of benzene rings is 1. The summed E-state index contributed by atoms with van der Waals surface area (Å²) in [6.07, 6.45) is 2.08. The van der Waals surface area contributed by atoms with Crippen molar-refractivity contribution in [2.24, 2.45) is 10.9 Å². The number of nitrogens with zero attached hydrogens (tertiary/aromatic N) is 2. The fraction of sp³-hybridized carbons (Fsp3) is 0.500. The molecule has 0 spiro atoms. The van der Waals surface area contributed by atoms with Crippen molar-refractivity contribution >= 4 is 27.5 Å². The third-order valence-corrected chi connectivity index (χ3v) is 4.33. The summed E-state index contributed by atoms with van der Waals surface area (Å²) in [4.78, 5) is 2.23. The van der Waals surface area contributed by atoms with Crippen LogP contribution >= 0.6 is 15.9 Å². The molecule has 6 heteroatoms. The first-order valence-electron chi connectivity index (χ1n) is 6.56. The number of oxime groups is 1. The molecule has 3 N–H and O–H groups in total. The molecule has 0 radical (unpaired) electrons. The van der Waals surface area contributed by atoms with Crippen LogP contribution in [0.15, 0.2) is 27.8 Å². The van der Waals surface area contributed by atoms with E-state index in [1.165, 1.54) is 0 Å². The highest BCUT2D eigenvalue weighted by Gasteiger charge is 2.32. The maximum Gasteiger partial charge on any atom is 0.172 e. The lowest BCUT2D eigenvalue weighted by Gasteiger charge is -2.41. The van der Waals surface area contributed by atoms with Gasteiger partial charge in [-0.1, -0.05) is 21.1 Å². The highest BCUT2D eigenvalue weighted by atomic mass is 79.9. The molecule has 1 unspecified atom stereocenters. The van der Waals surface area contributed by atoms with Gasteiger partial charge in [-0.15, -0.1) is 0 Å². The Bertz CT molecular complexity index is 521. The third-order valence-electron chi connectivity index (χ3n) is 3.84. The maximum atomic E-state index is 8.94. The van der Waals surface area contributed by atoms with E-state index >= 15 is 0 Å². The van der Waals surface area contributed by atoms with E-state index in [1.807, 2.05) is 18.2 Å². The number of anilines is 1. The summed E-state index contributed by atoms with van der Waals surface area (Å²) in [5.41, 5.74) is 7.30. The van der Waals surface area contributed by atoms with Crippen molar-refractivity contribution in [1.82, 2.24) is 0 Å². The molecular weight excluding hydrogens is 322 g/mol. The zero-order valence-corrected chi connectivity index (χ0v) is 13.4. The second kappa shape index (κ2) is 6.01. The number of rotatable bonds is 3. The number of piperidine rings is 1. The van der Waals surface area contributed by atoms with E-state index < -0.39 is 0 Å². The predicted octanol–water partition coefficient (Wildman–Crippen LogP) is 2.55. The Kier molecular flexibility index (Phi) is 4.55. The van der Waals surface area contributed by atoms with E-state index in [0.717, 1.165) is 41.7 Å². The zero-order chi connectivity index (χ0) is 14.8. The van der Waals surface area contributed by atoms with Gasteiger partial charge in [-0.3, -0.25) is 0 Å². The summed E-state index contributed by atoms with van der Waals surface area (Å²) in [5, 5.41) is 12.1. The SMILES string of the molecule is COC1(C)CCCN(c2cc(Br)ccc2/C(N)=N/O)C1. The van der Waals surface area contributed by atoms with Gasteiger partial charge in [0.25, 0.3) is 0 Å². The lowest BCUT2D eigenvalue weighted by atomic mass is 9.93. The van der Waals surface area contributed by atoms with Crippen molar-refractivity contribution in [3.05, 3.63) is 28.2 Å². The highest BCUT2D eigenvalue weighted by molar-refractivity contribution is 9.10. The largest absolute Gasteiger partial charge is 0.409 e.